The van der Waals surface area contributed by atoms with Crippen LogP contribution in [0.25, 0.3) is 0 Å². The summed E-state index contributed by atoms with van der Waals surface area (Å²) in [6, 6.07) is 6.55. The molecule has 1 spiro atoms. The number of rotatable bonds is 2. The quantitative estimate of drug-likeness (QED) is 0.475. The summed E-state index contributed by atoms with van der Waals surface area (Å²) >= 11 is 0. The van der Waals surface area contributed by atoms with Crippen LogP contribution in [-0.4, -0.2) is 24.9 Å². The Kier molecular flexibility index (Phi) is 2.53. The largest absolute Gasteiger partial charge is 0.465 e. The van der Waals surface area contributed by atoms with E-state index in [1.807, 2.05) is 0 Å². The Hall–Kier alpha value is -2.43. The van der Waals surface area contributed by atoms with Crippen LogP contribution in [0.4, 0.5) is 5.69 Å². The van der Waals surface area contributed by atoms with E-state index < -0.39 is 5.97 Å². The number of carbonyl (C=O) groups is 3. The van der Waals surface area contributed by atoms with Gasteiger partial charge in [-0.15, -0.1) is 0 Å². The summed E-state index contributed by atoms with van der Waals surface area (Å²) in [6.45, 7) is 0. The van der Waals surface area contributed by atoms with Crippen LogP contribution in [-0.2, 0) is 14.3 Å². The Bertz CT molecular complexity index is 788. The first-order valence-electron chi connectivity index (χ1n) is 8.33. The second-order valence-corrected chi connectivity index (χ2v) is 7.27. The van der Waals surface area contributed by atoms with Crippen LogP contribution < -0.4 is 4.90 Å². The van der Waals surface area contributed by atoms with Crippen LogP contribution >= 0.6 is 0 Å². The monoisotopic (exact) mass is 323 g/mol. The number of benzene rings is 1. The first kappa shape index (κ1) is 14.0. The molecule has 4 atom stereocenters. The molecule has 0 aromatic heterocycles. The number of hydrogen-bond acceptors (Lipinski definition) is 4. The van der Waals surface area contributed by atoms with Crippen molar-refractivity contribution in [2.24, 2.45) is 29.1 Å². The Morgan fingerprint density at radius 1 is 1.12 bits per heavy atom. The minimum absolute atomic E-state index is 0.116. The summed E-state index contributed by atoms with van der Waals surface area (Å²) in [5, 5.41) is 0. The first-order chi connectivity index (χ1) is 11.6. The Labute approximate surface area is 139 Å². The normalized spacial score (nSPS) is 34.1. The highest BCUT2D eigenvalue weighted by molar-refractivity contribution is 6.23. The fourth-order valence-corrected chi connectivity index (χ4v) is 5.22. The minimum Gasteiger partial charge on any atom is -0.465 e. The topological polar surface area (TPSA) is 63.7 Å². The van der Waals surface area contributed by atoms with Crippen LogP contribution in [0, 0.1) is 29.1 Å². The Morgan fingerprint density at radius 2 is 1.75 bits per heavy atom. The van der Waals surface area contributed by atoms with E-state index >= 15 is 0 Å². The van der Waals surface area contributed by atoms with Crippen LogP contribution in [0.5, 0.6) is 0 Å². The Morgan fingerprint density at radius 3 is 2.29 bits per heavy atom. The maximum atomic E-state index is 13.0. The lowest BCUT2D eigenvalue weighted by Crippen LogP contribution is -2.34. The number of imide groups is 1. The summed E-state index contributed by atoms with van der Waals surface area (Å²) in [4.78, 5) is 39.0. The third-order valence-electron chi connectivity index (χ3n) is 6.38. The molecule has 1 heterocycles. The number of methoxy groups -OCH3 is 1. The van der Waals surface area contributed by atoms with Crippen LogP contribution in [0.2, 0.25) is 0 Å². The molecule has 0 radical (unpaired) electrons. The summed E-state index contributed by atoms with van der Waals surface area (Å²) in [5.74, 6) is -0.746. The van der Waals surface area contributed by atoms with Crippen molar-refractivity contribution in [3.8, 4) is 0 Å². The number of nitrogens with zero attached hydrogens (tertiary/aromatic N) is 1. The van der Waals surface area contributed by atoms with Crippen LogP contribution in [0.15, 0.2) is 36.4 Å². The van der Waals surface area contributed by atoms with E-state index in [1.165, 1.54) is 12.0 Å². The highest BCUT2D eigenvalue weighted by Gasteiger charge is 2.73. The van der Waals surface area contributed by atoms with Crippen molar-refractivity contribution in [2.45, 2.75) is 12.8 Å². The molecule has 2 saturated carbocycles. The van der Waals surface area contributed by atoms with Gasteiger partial charge in [0.15, 0.2) is 0 Å². The molecule has 2 bridgehead atoms. The van der Waals surface area contributed by atoms with Crippen molar-refractivity contribution in [1.29, 1.82) is 0 Å². The zero-order valence-corrected chi connectivity index (χ0v) is 13.3. The third-order valence-corrected chi connectivity index (χ3v) is 6.38. The van der Waals surface area contributed by atoms with Gasteiger partial charge in [0.1, 0.15) is 0 Å². The Balaban J connectivity index is 1.53. The van der Waals surface area contributed by atoms with Crippen molar-refractivity contribution in [1.82, 2.24) is 0 Å². The molecule has 5 nitrogen and oxygen atoms in total. The number of esters is 1. The average molecular weight is 323 g/mol. The molecule has 0 N–H and O–H groups in total. The highest BCUT2D eigenvalue weighted by Crippen LogP contribution is 2.73. The van der Waals surface area contributed by atoms with Gasteiger partial charge in [-0.2, -0.15) is 0 Å². The summed E-state index contributed by atoms with van der Waals surface area (Å²) < 4.78 is 4.72. The molecule has 3 fully saturated rings. The number of carbonyl (C=O) groups excluding carboxylic acids is 3. The summed E-state index contributed by atoms with van der Waals surface area (Å²) in [6.07, 6.45) is 6.55. The molecule has 3 aliphatic carbocycles. The summed E-state index contributed by atoms with van der Waals surface area (Å²) in [5.41, 5.74) is 1.000. The number of fused-ring (bicyclic) bond motifs is 3. The van der Waals surface area contributed by atoms with Crippen molar-refractivity contribution < 1.29 is 19.1 Å². The van der Waals surface area contributed by atoms with E-state index in [2.05, 4.69) is 12.2 Å². The zero-order chi connectivity index (χ0) is 16.6. The SMILES string of the molecule is COC(=O)c1cccc(N2C(=O)[C@@H]3[C@H](C2=O)[C@@H]2C=C[C@H]3C23CC3)c1. The lowest BCUT2D eigenvalue weighted by Gasteiger charge is -2.22. The fraction of sp³-hybridized carbons (Fsp3) is 0.421. The molecular formula is C19H17NO4. The number of anilines is 1. The van der Waals surface area contributed by atoms with Gasteiger partial charge in [0.05, 0.1) is 30.2 Å². The van der Waals surface area contributed by atoms with Crippen molar-refractivity contribution in [3.05, 3.63) is 42.0 Å². The van der Waals surface area contributed by atoms with Gasteiger partial charge < -0.3 is 4.74 Å². The van der Waals surface area contributed by atoms with Gasteiger partial charge in [-0.25, -0.2) is 9.69 Å². The summed E-state index contributed by atoms with van der Waals surface area (Å²) in [7, 11) is 1.31. The molecule has 1 saturated heterocycles. The predicted molar refractivity (Wildman–Crippen MR) is 85.0 cm³/mol. The molecule has 1 aliphatic heterocycles. The maximum absolute atomic E-state index is 13.0. The maximum Gasteiger partial charge on any atom is 0.337 e. The lowest BCUT2D eigenvalue weighted by atomic mass is 9.85. The van der Waals surface area contributed by atoms with Gasteiger partial charge in [0.25, 0.3) is 0 Å². The van der Waals surface area contributed by atoms with Crippen molar-refractivity contribution in [3.63, 3.8) is 0 Å². The van der Waals surface area contributed by atoms with Crippen LogP contribution in [0.3, 0.4) is 0 Å². The van der Waals surface area contributed by atoms with Crippen molar-refractivity contribution >= 4 is 23.5 Å². The molecule has 4 aliphatic rings. The van der Waals surface area contributed by atoms with E-state index in [4.69, 9.17) is 4.74 Å². The lowest BCUT2D eigenvalue weighted by molar-refractivity contribution is -0.123. The van der Waals surface area contributed by atoms with Gasteiger partial charge in [0, 0.05) is 0 Å². The number of ether oxygens (including phenoxy) is 1. The standard InChI is InChI=1S/C19H17NO4/c1-24-18(23)10-3-2-4-11(9-10)20-16(21)14-12-5-6-13(15(14)17(20)22)19(12)7-8-19/h2-6,9,12-15H,7-8H2,1H3/t12-,13+,14+,15-. The smallest absolute Gasteiger partial charge is 0.337 e. The van der Waals surface area contributed by atoms with E-state index in [0.29, 0.717) is 11.3 Å². The molecule has 24 heavy (non-hydrogen) atoms. The second kappa shape index (κ2) is 4.35. The molecule has 122 valence electrons. The number of amides is 2. The van der Waals surface area contributed by atoms with E-state index in [9.17, 15) is 14.4 Å². The van der Waals surface area contributed by atoms with E-state index in [-0.39, 0.29) is 40.9 Å². The minimum atomic E-state index is -0.477. The molecule has 1 aromatic carbocycles. The van der Waals surface area contributed by atoms with Gasteiger partial charge in [-0.1, -0.05) is 18.2 Å². The molecule has 2 amide bonds. The van der Waals surface area contributed by atoms with E-state index in [1.54, 1.807) is 24.3 Å². The first-order valence-corrected chi connectivity index (χ1v) is 8.33. The average Bonchev–Trinajstić information content (AvgIpc) is 3.19. The molecular weight excluding hydrogens is 306 g/mol. The van der Waals surface area contributed by atoms with Gasteiger partial charge >= 0.3 is 5.97 Å². The molecule has 0 unspecified atom stereocenters. The molecule has 5 heteroatoms. The molecule has 5 rings (SSSR count). The van der Waals surface area contributed by atoms with Gasteiger partial charge in [-0.05, 0) is 48.3 Å². The third kappa shape index (κ3) is 1.48. The highest BCUT2D eigenvalue weighted by atomic mass is 16.5. The van der Waals surface area contributed by atoms with Gasteiger partial charge in [-0.3, -0.25) is 9.59 Å². The van der Waals surface area contributed by atoms with E-state index in [0.717, 1.165) is 12.8 Å². The second-order valence-electron chi connectivity index (χ2n) is 7.27. The van der Waals surface area contributed by atoms with Gasteiger partial charge in [0.2, 0.25) is 11.8 Å². The predicted octanol–water partition coefficient (Wildman–Crippen LogP) is 2.17. The van der Waals surface area contributed by atoms with Crippen molar-refractivity contribution in [2.75, 3.05) is 12.0 Å². The zero-order valence-electron chi connectivity index (χ0n) is 13.3. The van der Waals surface area contributed by atoms with Crippen LogP contribution in [0.1, 0.15) is 23.2 Å². The fourth-order valence-electron chi connectivity index (χ4n) is 5.22. The molecule has 1 aromatic rings. The number of allylic oxidation sites excluding steroid dienone is 2. The number of hydrogen-bond donors (Lipinski definition) is 0.